The number of nitrogens with two attached hydrogens (primary N) is 1. The molecule has 84 valence electrons. The third kappa shape index (κ3) is 1.58. The molecule has 0 atom stereocenters. The second kappa shape index (κ2) is 3.67. The Morgan fingerprint density at radius 2 is 1.94 bits per heavy atom. The van der Waals surface area contributed by atoms with E-state index in [2.05, 4.69) is 25.4 Å². The molecule has 7 heteroatoms. The Morgan fingerprint density at radius 1 is 1.12 bits per heavy atom. The Morgan fingerprint density at radius 3 is 2.76 bits per heavy atom. The van der Waals surface area contributed by atoms with E-state index in [0.29, 0.717) is 27.6 Å². The average molecular weight is 247 g/mol. The number of halogens is 1. The van der Waals surface area contributed by atoms with E-state index < -0.39 is 0 Å². The molecule has 17 heavy (non-hydrogen) atoms. The van der Waals surface area contributed by atoms with Gasteiger partial charge in [0.2, 0.25) is 5.65 Å². The summed E-state index contributed by atoms with van der Waals surface area (Å²) < 4.78 is 0. The Hall–Kier alpha value is -2.21. The zero-order valence-electron chi connectivity index (χ0n) is 8.55. The lowest BCUT2D eigenvalue weighted by atomic mass is 10.2. The molecule has 0 saturated heterocycles. The number of fused-ring (bicyclic) bond motifs is 1. The molecule has 0 radical (unpaired) electrons. The van der Waals surface area contributed by atoms with E-state index in [9.17, 15) is 0 Å². The summed E-state index contributed by atoms with van der Waals surface area (Å²) in [6.45, 7) is 0. The molecule has 2 aromatic heterocycles. The van der Waals surface area contributed by atoms with Crippen molar-refractivity contribution in [3.8, 4) is 11.4 Å². The number of benzene rings is 1. The van der Waals surface area contributed by atoms with Crippen molar-refractivity contribution < 1.29 is 0 Å². The first kappa shape index (κ1) is 9.98. The van der Waals surface area contributed by atoms with Crippen LogP contribution in [-0.4, -0.2) is 25.4 Å². The fourth-order valence-corrected chi connectivity index (χ4v) is 1.75. The third-order valence-corrected chi connectivity index (χ3v) is 2.65. The molecule has 3 N–H and O–H groups in total. The van der Waals surface area contributed by atoms with Gasteiger partial charge in [0.1, 0.15) is 0 Å². The SMILES string of the molecule is Nc1nc(-c2ccccc2Cl)nc2n[nH]nc12. The minimum absolute atomic E-state index is 0.277. The molecule has 2 heterocycles. The number of rotatable bonds is 1. The van der Waals surface area contributed by atoms with Crippen molar-refractivity contribution in [2.75, 3.05) is 5.73 Å². The van der Waals surface area contributed by atoms with E-state index in [1.165, 1.54) is 0 Å². The monoisotopic (exact) mass is 246 g/mol. The van der Waals surface area contributed by atoms with Crippen LogP contribution in [0, 0.1) is 0 Å². The molecule has 0 amide bonds. The van der Waals surface area contributed by atoms with E-state index in [0.717, 1.165) is 0 Å². The summed E-state index contributed by atoms with van der Waals surface area (Å²) in [4.78, 5) is 8.41. The number of aromatic nitrogens is 5. The number of aromatic amines is 1. The maximum Gasteiger partial charge on any atom is 0.207 e. The minimum Gasteiger partial charge on any atom is -0.382 e. The normalized spacial score (nSPS) is 10.9. The highest BCUT2D eigenvalue weighted by molar-refractivity contribution is 6.33. The molecule has 0 bridgehead atoms. The van der Waals surface area contributed by atoms with Crippen LogP contribution in [-0.2, 0) is 0 Å². The molecular formula is C10H7ClN6. The summed E-state index contributed by atoms with van der Waals surface area (Å²) in [5.74, 6) is 0.716. The zero-order valence-corrected chi connectivity index (χ0v) is 9.31. The molecule has 0 aliphatic rings. The fourth-order valence-electron chi connectivity index (χ4n) is 1.53. The van der Waals surface area contributed by atoms with Crippen LogP contribution in [0.2, 0.25) is 5.02 Å². The van der Waals surface area contributed by atoms with Crippen LogP contribution in [0.4, 0.5) is 5.82 Å². The van der Waals surface area contributed by atoms with Crippen LogP contribution < -0.4 is 5.73 Å². The number of H-pyrrole nitrogens is 1. The molecular weight excluding hydrogens is 240 g/mol. The third-order valence-electron chi connectivity index (χ3n) is 2.33. The molecule has 0 aliphatic carbocycles. The van der Waals surface area contributed by atoms with E-state index in [4.69, 9.17) is 17.3 Å². The van der Waals surface area contributed by atoms with Gasteiger partial charge in [-0.05, 0) is 12.1 Å². The van der Waals surface area contributed by atoms with Gasteiger partial charge in [0.25, 0.3) is 0 Å². The molecule has 3 rings (SSSR count). The Labute approximate surface area is 101 Å². The summed E-state index contributed by atoms with van der Waals surface area (Å²) >= 11 is 6.07. The fraction of sp³-hybridized carbons (Fsp3) is 0. The smallest absolute Gasteiger partial charge is 0.207 e. The van der Waals surface area contributed by atoms with Crippen molar-refractivity contribution in [2.24, 2.45) is 0 Å². The summed E-state index contributed by atoms with van der Waals surface area (Å²) in [6.07, 6.45) is 0. The van der Waals surface area contributed by atoms with Crippen molar-refractivity contribution in [3.63, 3.8) is 0 Å². The Kier molecular flexibility index (Phi) is 2.15. The van der Waals surface area contributed by atoms with E-state index in [1.807, 2.05) is 18.2 Å². The first-order chi connectivity index (χ1) is 8.25. The number of hydrogen-bond donors (Lipinski definition) is 2. The summed E-state index contributed by atoms with van der Waals surface area (Å²) in [5.41, 5.74) is 7.37. The second-order valence-electron chi connectivity index (χ2n) is 3.41. The average Bonchev–Trinajstić information content (AvgIpc) is 2.78. The van der Waals surface area contributed by atoms with Gasteiger partial charge in [0, 0.05) is 5.56 Å². The van der Waals surface area contributed by atoms with Gasteiger partial charge in [0.15, 0.2) is 17.2 Å². The van der Waals surface area contributed by atoms with Gasteiger partial charge in [-0.1, -0.05) is 23.7 Å². The summed E-state index contributed by atoms with van der Waals surface area (Å²) in [5, 5.41) is 10.8. The lowest BCUT2D eigenvalue weighted by molar-refractivity contribution is 0.955. The molecule has 0 aliphatic heterocycles. The van der Waals surface area contributed by atoms with Gasteiger partial charge in [-0.2, -0.15) is 10.3 Å². The summed E-state index contributed by atoms with van der Waals surface area (Å²) in [6, 6.07) is 7.28. The highest BCUT2D eigenvalue weighted by Crippen LogP contribution is 2.26. The van der Waals surface area contributed by atoms with Gasteiger partial charge < -0.3 is 5.73 Å². The second-order valence-corrected chi connectivity index (χ2v) is 3.82. The van der Waals surface area contributed by atoms with E-state index >= 15 is 0 Å². The molecule has 1 aromatic carbocycles. The minimum atomic E-state index is 0.277. The Balaban J connectivity index is 2.28. The van der Waals surface area contributed by atoms with E-state index in [1.54, 1.807) is 6.07 Å². The molecule has 0 unspecified atom stereocenters. The van der Waals surface area contributed by atoms with Gasteiger partial charge in [-0.3, -0.25) is 0 Å². The van der Waals surface area contributed by atoms with Crippen LogP contribution >= 0.6 is 11.6 Å². The van der Waals surface area contributed by atoms with Gasteiger partial charge in [-0.15, -0.1) is 5.10 Å². The lowest BCUT2D eigenvalue weighted by Crippen LogP contribution is -1.97. The van der Waals surface area contributed by atoms with Crippen LogP contribution in [0.3, 0.4) is 0 Å². The molecule has 3 aromatic rings. The van der Waals surface area contributed by atoms with Crippen molar-refractivity contribution >= 4 is 28.6 Å². The maximum atomic E-state index is 6.07. The van der Waals surface area contributed by atoms with Crippen molar-refractivity contribution in [1.29, 1.82) is 0 Å². The van der Waals surface area contributed by atoms with Crippen molar-refractivity contribution in [2.45, 2.75) is 0 Å². The lowest BCUT2D eigenvalue weighted by Gasteiger charge is -2.02. The predicted molar refractivity (Wildman–Crippen MR) is 64.3 cm³/mol. The van der Waals surface area contributed by atoms with Gasteiger partial charge in [-0.25, -0.2) is 9.97 Å². The van der Waals surface area contributed by atoms with Crippen molar-refractivity contribution in [1.82, 2.24) is 25.4 Å². The number of nitrogens with zero attached hydrogens (tertiary/aromatic N) is 4. The van der Waals surface area contributed by atoms with Crippen molar-refractivity contribution in [3.05, 3.63) is 29.3 Å². The van der Waals surface area contributed by atoms with Crippen LogP contribution in [0.15, 0.2) is 24.3 Å². The quantitative estimate of drug-likeness (QED) is 0.681. The summed E-state index contributed by atoms with van der Waals surface area (Å²) in [7, 11) is 0. The number of hydrogen-bond acceptors (Lipinski definition) is 5. The van der Waals surface area contributed by atoms with Crippen LogP contribution in [0.5, 0.6) is 0 Å². The highest BCUT2D eigenvalue weighted by atomic mass is 35.5. The zero-order chi connectivity index (χ0) is 11.8. The molecule has 6 nitrogen and oxygen atoms in total. The predicted octanol–water partition coefficient (Wildman–Crippen LogP) is 1.65. The number of nitrogen functional groups attached to an aromatic ring is 1. The molecule has 0 saturated carbocycles. The topological polar surface area (TPSA) is 93.4 Å². The molecule has 0 fully saturated rings. The van der Waals surface area contributed by atoms with Gasteiger partial charge >= 0.3 is 0 Å². The maximum absolute atomic E-state index is 6.07. The van der Waals surface area contributed by atoms with Gasteiger partial charge in [0.05, 0.1) is 5.02 Å². The van der Waals surface area contributed by atoms with E-state index in [-0.39, 0.29) is 5.82 Å². The van der Waals surface area contributed by atoms with Crippen LogP contribution in [0.25, 0.3) is 22.6 Å². The highest BCUT2D eigenvalue weighted by Gasteiger charge is 2.12. The van der Waals surface area contributed by atoms with Crippen LogP contribution in [0.1, 0.15) is 0 Å². The largest absolute Gasteiger partial charge is 0.382 e. The molecule has 0 spiro atoms. The number of anilines is 1. The first-order valence-electron chi connectivity index (χ1n) is 4.84. The standard InChI is InChI=1S/C10H7ClN6/c11-6-4-2-1-3-5(6)9-13-8(12)7-10(14-9)16-17-15-7/h1-4H,(H3,12,13,14,15,16,17). The number of nitrogens with one attached hydrogen (secondary N) is 1. The Bertz CT molecular complexity index is 692. The first-order valence-corrected chi connectivity index (χ1v) is 5.22.